The van der Waals surface area contributed by atoms with E-state index in [1.54, 1.807) is 11.3 Å². The summed E-state index contributed by atoms with van der Waals surface area (Å²) in [5, 5.41) is 0. The van der Waals surface area contributed by atoms with E-state index >= 15 is 0 Å². The van der Waals surface area contributed by atoms with Gasteiger partial charge in [-0.1, -0.05) is 11.6 Å². The van der Waals surface area contributed by atoms with Crippen molar-refractivity contribution in [2.24, 2.45) is 5.73 Å². The van der Waals surface area contributed by atoms with Crippen LogP contribution in [0.5, 0.6) is 0 Å². The van der Waals surface area contributed by atoms with Crippen LogP contribution < -0.4 is 5.73 Å². The third-order valence-electron chi connectivity index (χ3n) is 2.34. The highest BCUT2D eigenvalue weighted by Crippen LogP contribution is 2.22. The molecule has 2 rings (SSSR count). The minimum Gasteiger partial charge on any atom is -0.349 e. The van der Waals surface area contributed by atoms with Crippen LogP contribution in [0.3, 0.4) is 0 Å². The van der Waals surface area contributed by atoms with Gasteiger partial charge in [0.05, 0.1) is 10.9 Å². The number of hydrogen-bond donors (Lipinski definition) is 1. The molecule has 86 valence electrons. The van der Waals surface area contributed by atoms with E-state index in [0.29, 0.717) is 0 Å². The van der Waals surface area contributed by atoms with Gasteiger partial charge >= 0.3 is 0 Å². The minimum absolute atomic E-state index is 0.215. The lowest BCUT2D eigenvalue weighted by Gasteiger charge is -2.02. The highest BCUT2D eigenvalue weighted by molar-refractivity contribution is 7.16. The molecular formula is C12H15ClN2S. The number of thiophene rings is 1. The van der Waals surface area contributed by atoms with Crippen molar-refractivity contribution in [2.45, 2.75) is 25.9 Å². The van der Waals surface area contributed by atoms with Crippen LogP contribution in [0.2, 0.25) is 4.34 Å². The molecule has 2 aromatic rings. The molecule has 1 unspecified atom stereocenters. The molecule has 0 saturated carbocycles. The van der Waals surface area contributed by atoms with Crippen molar-refractivity contribution in [3.8, 4) is 0 Å². The van der Waals surface area contributed by atoms with E-state index in [4.69, 9.17) is 17.3 Å². The largest absolute Gasteiger partial charge is 0.349 e. The zero-order chi connectivity index (χ0) is 11.5. The Labute approximate surface area is 105 Å². The summed E-state index contributed by atoms with van der Waals surface area (Å²) < 4.78 is 3.01. The van der Waals surface area contributed by atoms with E-state index in [2.05, 4.69) is 29.1 Å². The van der Waals surface area contributed by atoms with Crippen LogP contribution in [0.25, 0.3) is 0 Å². The van der Waals surface area contributed by atoms with Crippen molar-refractivity contribution in [3.05, 3.63) is 45.4 Å². The lowest BCUT2D eigenvalue weighted by molar-refractivity contribution is 0.732. The monoisotopic (exact) mass is 254 g/mol. The molecule has 0 aliphatic carbocycles. The van der Waals surface area contributed by atoms with Crippen LogP contribution in [0.4, 0.5) is 0 Å². The van der Waals surface area contributed by atoms with Crippen molar-refractivity contribution in [1.29, 1.82) is 0 Å². The molecule has 0 aliphatic rings. The smallest absolute Gasteiger partial charge is 0.0931 e. The number of rotatable bonds is 4. The highest BCUT2D eigenvalue weighted by Gasteiger charge is 2.02. The normalized spacial score (nSPS) is 12.9. The third kappa shape index (κ3) is 3.11. The Balaban J connectivity index is 2.02. The molecule has 0 radical (unpaired) electrons. The topological polar surface area (TPSA) is 30.9 Å². The van der Waals surface area contributed by atoms with E-state index < -0.39 is 0 Å². The summed E-state index contributed by atoms with van der Waals surface area (Å²) >= 11 is 7.52. The molecule has 4 heteroatoms. The van der Waals surface area contributed by atoms with Crippen LogP contribution in [-0.2, 0) is 13.0 Å². The molecule has 0 bridgehead atoms. The van der Waals surface area contributed by atoms with Gasteiger partial charge in [0.2, 0.25) is 0 Å². The van der Waals surface area contributed by atoms with Crippen molar-refractivity contribution in [3.63, 3.8) is 0 Å². The summed E-state index contributed by atoms with van der Waals surface area (Å²) in [5.74, 6) is 0. The fourth-order valence-corrected chi connectivity index (χ4v) is 2.79. The second-order valence-electron chi connectivity index (χ2n) is 4.08. The second kappa shape index (κ2) is 5.04. The van der Waals surface area contributed by atoms with Crippen molar-refractivity contribution < 1.29 is 0 Å². The van der Waals surface area contributed by atoms with Crippen LogP contribution in [0.15, 0.2) is 30.6 Å². The Morgan fingerprint density at radius 2 is 2.25 bits per heavy atom. The lowest BCUT2D eigenvalue weighted by Crippen LogP contribution is -2.17. The molecule has 0 aromatic carbocycles. The molecule has 2 heterocycles. The summed E-state index contributed by atoms with van der Waals surface area (Å²) in [6, 6.07) is 6.34. The quantitative estimate of drug-likeness (QED) is 0.893. The van der Waals surface area contributed by atoms with Gasteiger partial charge in [-0.15, -0.1) is 11.3 Å². The molecule has 0 fully saturated rings. The molecule has 16 heavy (non-hydrogen) atoms. The van der Waals surface area contributed by atoms with Gasteiger partial charge in [0.15, 0.2) is 0 Å². The highest BCUT2D eigenvalue weighted by atomic mass is 35.5. The molecular weight excluding hydrogens is 240 g/mol. The predicted molar refractivity (Wildman–Crippen MR) is 70.2 cm³/mol. The Morgan fingerprint density at radius 3 is 2.88 bits per heavy atom. The third-order valence-corrected chi connectivity index (χ3v) is 3.55. The van der Waals surface area contributed by atoms with E-state index in [9.17, 15) is 0 Å². The molecule has 0 spiro atoms. The van der Waals surface area contributed by atoms with Gasteiger partial charge in [-0.05, 0) is 37.1 Å². The molecule has 0 amide bonds. The summed E-state index contributed by atoms with van der Waals surface area (Å²) in [7, 11) is 0. The summed E-state index contributed by atoms with van der Waals surface area (Å²) in [6.45, 7) is 2.91. The second-order valence-corrected chi connectivity index (χ2v) is 5.88. The number of aromatic nitrogens is 1. The van der Waals surface area contributed by atoms with E-state index in [1.807, 2.05) is 13.0 Å². The zero-order valence-electron chi connectivity index (χ0n) is 9.19. The number of halogens is 1. The van der Waals surface area contributed by atoms with Crippen molar-refractivity contribution in [1.82, 2.24) is 4.57 Å². The Hall–Kier alpha value is -0.770. The minimum atomic E-state index is 0.215. The number of nitrogens with two attached hydrogens (primary N) is 1. The summed E-state index contributed by atoms with van der Waals surface area (Å²) in [5.41, 5.74) is 7.05. The molecule has 0 aliphatic heterocycles. The Bertz CT molecular complexity index is 459. The Morgan fingerprint density at radius 1 is 1.44 bits per heavy atom. The van der Waals surface area contributed by atoms with Gasteiger partial charge in [-0.25, -0.2) is 0 Å². The van der Waals surface area contributed by atoms with Gasteiger partial charge in [-0.2, -0.15) is 0 Å². The predicted octanol–water partition coefficient (Wildman–Crippen LogP) is 3.14. The first-order valence-electron chi connectivity index (χ1n) is 5.28. The SMILES string of the molecule is CC(N)Cc1ccn(Cc2ccc(Cl)s2)c1. The first kappa shape index (κ1) is 11.7. The fourth-order valence-electron chi connectivity index (χ4n) is 1.70. The van der Waals surface area contributed by atoms with Crippen LogP contribution in [-0.4, -0.2) is 10.6 Å². The van der Waals surface area contributed by atoms with Crippen LogP contribution in [0, 0.1) is 0 Å². The average molecular weight is 255 g/mol. The van der Waals surface area contributed by atoms with Gasteiger partial charge in [-0.3, -0.25) is 0 Å². The van der Waals surface area contributed by atoms with Gasteiger partial charge < -0.3 is 10.3 Å². The first-order chi connectivity index (χ1) is 7.63. The average Bonchev–Trinajstić information content (AvgIpc) is 2.76. The zero-order valence-corrected chi connectivity index (χ0v) is 10.8. The number of hydrogen-bond acceptors (Lipinski definition) is 2. The molecule has 1 atom stereocenters. The van der Waals surface area contributed by atoms with Gasteiger partial charge in [0.25, 0.3) is 0 Å². The Kier molecular flexibility index (Phi) is 3.69. The molecule has 2 nitrogen and oxygen atoms in total. The fraction of sp³-hybridized carbons (Fsp3) is 0.333. The molecule has 0 saturated heterocycles. The van der Waals surface area contributed by atoms with Crippen LogP contribution >= 0.6 is 22.9 Å². The lowest BCUT2D eigenvalue weighted by atomic mass is 10.1. The summed E-state index contributed by atoms with van der Waals surface area (Å²) in [4.78, 5) is 1.27. The standard InChI is InChI=1S/C12H15ClN2S/c1-9(14)6-10-4-5-15(7-10)8-11-2-3-12(13)16-11/h2-5,7,9H,6,8,14H2,1H3. The van der Waals surface area contributed by atoms with E-state index in [-0.39, 0.29) is 6.04 Å². The van der Waals surface area contributed by atoms with E-state index in [1.165, 1.54) is 10.4 Å². The van der Waals surface area contributed by atoms with Gasteiger partial charge in [0.1, 0.15) is 0 Å². The molecule has 2 N–H and O–H groups in total. The maximum absolute atomic E-state index is 5.89. The maximum atomic E-state index is 5.89. The maximum Gasteiger partial charge on any atom is 0.0931 e. The van der Waals surface area contributed by atoms with Crippen molar-refractivity contribution >= 4 is 22.9 Å². The number of nitrogens with zero attached hydrogens (tertiary/aromatic N) is 1. The van der Waals surface area contributed by atoms with Crippen LogP contribution in [0.1, 0.15) is 17.4 Å². The van der Waals surface area contributed by atoms with Crippen molar-refractivity contribution in [2.75, 3.05) is 0 Å². The summed E-state index contributed by atoms with van der Waals surface area (Å²) in [6.07, 6.45) is 5.17. The molecule has 2 aromatic heterocycles. The van der Waals surface area contributed by atoms with E-state index in [0.717, 1.165) is 17.3 Å². The first-order valence-corrected chi connectivity index (χ1v) is 6.47. The van der Waals surface area contributed by atoms with Gasteiger partial charge in [0, 0.05) is 23.3 Å².